The van der Waals surface area contributed by atoms with Crippen LogP contribution in [0.15, 0.2) is 28.8 Å². The van der Waals surface area contributed by atoms with Crippen molar-refractivity contribution in [3.63, 3.8) is 0 Å². The summed E-state index contributed by atoms with van der Waals surface area (Å²) >= 11 is 0. The summed E-state index contributed by atoms with van der Waals surface area (Å²) in [6.45, 7) is 4.19. The van der Waals surface area contributed by atoms with E-state index in [1.54, 1.807) is 6.07 Å². The number of hydrogen-bond donors (Lipinski definition) is 1. The first-order chi connectivity index (χ1) is 8.59. The summed E-state index contributed by atoms with van der Waals surface area (Å²) in [6.07, 6.45) is 0. The molecule has 4 heteroatoms. The molecule has 0 aliphatic rings. The number of nitrogens with two attached hydrogens (primary N) is 1. The fourth-order valence-corrected chi connectivity index (χ4v) is 2.55. The molecule has 2 N–H and O–H groups in total. The van der Waals surface area contributed by atoms with E-state index in [1.165, 1.54) is 16.5 Å². The smallest absolute Gasteiger partial charge is 0.171 e. The normalized spacial score (nSPS) is 11.3. The van der Waals surface area contributed by atoms with Crippen LogP contribution in [0.3, 0.4) is 0 Å². The van der Waals surface area contributed by atoms with Crippen molar-refractivity contribution in [3.8, 4) is 11.3 Å². The van der Waals surface area contributed by atoms with Crippen LogP contribution in [0.5, 0.6) is 0 Å². The maximum Gasteiger partial charge on any atom is 0.171 e. The molecule has 0 unspecified atom stereocenters. The topological polar surface area (TPSA) is 57.0 Å². The summed E-state index contributed by atoms with van der Waals surface area (Å²) < 4.78 is 7.48. The molecular formula is C14H15N3O. The summed E-state index contributed by atoms with van der Waals surface area (Å²) in [5.41, 5.74) is 10.3. The van der Waals surface area contributed by atoms with Crippen molar-refractivity contribution < 1.29 is 4.52 Å². The molecule has 0 fully saturated rings. The van der Waals surface area contributed by atoms with Crippen LogP contribution in [-0.4, -0.2) is 9.72 Å². The average Bonchev–Trinajstić information content (AvgIpc) is 2.84. The van der Waals surface area contributed by atoms with Gasteiger partial charge in [-0.3, -0.25) is 0 Å². The van der Waals surface area contributed by atoms with E-state index in [1.807, 2.05) is 0 Å². The zero-order valence-corrected chi connectivity index (χ0v) is 10.7. The third kappa shape index (κ3) is 1.35. The number of nitrogen functional groups attached to an aromatic ring is 1. The molecule has 0 bridgehead atoms. The second-order valence-corrected chi connectivity index (χ2v) is 4.61. The molecule has 2 heterocycles. The Morgan fingerprint density at radius 1 is 1.28 bits per heavy atom. The van der Waals surface area contributed by atoms with Gasteiger partial charge in [-0.15, -0.1) is 0 Å². The molecule has 0 spiro atoms. The van der Waals surface area contributed by atoms with Crippen molar-refractivity contribution in [1.82, 2.24) is 9.72 Å². The fraction of sp³-hybridized carbons (Fsp3) is 0.214. The van der Waals surface area contributed by atoms with Gasteiger partial charge in [-0.25, -0.2) is 0 Å². The molecule has 0 radical (unpaired) electrons. The van der Waals surface area contributed by atoms with Crippen LogP contribution in [0.4, 0.5) is 5.82 Å². The van der Waals surface area contributed by atoms with E-state index in [2.05, 4.69) is 48.8 Å². The van der Waals surface area contributed by atoms with Crippen molar-refractivity contribution >= 4 is 16.7 Å². The van der Waals surface area contributed by atoms with Crippen molar-refractivity contribution in [3.05, 3.63) is 35.5 Å². The highest BCUT2D eigenvalue weighted by atomic mass is 16.5. The summed E-state index contributed by atoms with van der Waals surface area (Å²) in [4.78, 5) is 0. The Balaban J connectivity index is 2.43. The number of aryl methyl sites for hydroxylation is 2. The lowest BCUT2D eigenvalue weighted by atomic mass is 10.1. The summed E-state index contributed by atoms with van der Waals surface area (Å²) in [5.74, 6) is 1.13. The van der Waals surface area contributed by atoms with Crippen LogP contribution in [-0.2, 0) is 7.05 Å². The molecule has 3 rings (SSSR count). The molecule has 0 amide bonds. The molecule has 0 saturated carbocycles. The molecule has 0 aliphatic heterocycles. The molecule has 0 aliphatic carbocycles. The molecule has 0 atom stereocenters. The molecule has 4 nitrogen and oxygen atoms in total. The summed E-state index contributed by atoms with van der Waals surface area (Å²) in [5, 5.41) is 4.94. The van der Waals surface area contributed by atoms with Crippen molar-refractivity contribution in [2.24, 2.45) is 7.05 Å². The van der Waals surface area contributed by atoms with Gasteiger partial charge in [0.25, 0.3) is 0 Å². The van der Waals surface area contributed by atoms with Crippen molar-refractivity contribution in [2.75, 3.05) is 5.73 Å². The van der Waals surface area contributed by atoms with Gasteiger partial charge >= 0.3 is 0 Å². The quantitative estimate of drug-likeness (QED) is 0.712. The zero-order valence-electron chi connectivity index (χ0n) is 10.7. The van der Waals surface area contributed by atoms with Gasteiger partial charge in [0.2, 0.25) is 0 Å². The van der Waals surface area contributed by atoms with Crippen LogP contribution in [0.25, 0.3) is 22.2 Å². The highest BCUT2D eigenvalue weighted by Gasteiger charge is 2.17. The first kappa shape index (κ1) is 10.9. The van der Waals surface area contributed by atoms with E-state index in [0.29, 0.717) is 5.82 Å². The van der Waals surface area contributed by atoms with E-state index >= 15 is 0 Å². The highest BCUT2D eigenvalue weighted by molar-refractivity contribution is 5.98. The van der Waals surface area contributed by atoms with Crippen LogP contribution < -0.4 is 5.73 Å². The second-order valence-electron chi connectivity index (χ2n) is 4.61. The Morgan fingerprint density at radius 3 is 2.72 bits per heavy atom. The minimum absolute atomic E-state index is 0.411. The minimum Gasteiger partial charge on any atom is -0.381 e. The van der Waals surface area contributed by atoms with E-state index in [0.717, 1.165) is 17.0 Å². The molecule has 2 aromatic heterocycles. The number of benzene rings is 1. The minimum atomic E-state index is 0.411. The van der Waals surface area contributed by atoms with Gasteiger partial charge in [0.05, 0.1) is 5.52 Å². The summed E-state index contributed by atoms with van der Waals surface area (Å²) in [6, 6.07) is 8.04. The van der Waals surface area contributed by atoms with Crippen molar-refractivity contribution in [1.29, 1.82) is 0 Å². The number of aromatic nitrogens is 2. The van der Waals surface area contributed by atoms with Crippen LogP contribution in [0.1, 0.15) is 11.3 Å². The second kappa shape index (κ2) is 3.63. The Bertz CT molecular complexity index is 737. The van der Waals surface area contributed by atoms with Gasteiger partial charge in [-0.2, -0.15) is 0 Å². The van der Waals surface area contributed by atoms with Crippen molar-refractivity contribution in [2.45, 2.75) is 13.8 Å². The molecular weight excluding hydrogens is 226 g/mol. The molecule has 92 valence electrons. The Morgan fingerprint density at radius 2 is 2.06 bits per heavy atom. The average molecular weight is 241 g/mol. The number of fused-ring (bicyclic) bond motifs is 1. The highest BCUT2D eigenvalue weighted by Crippen LogP contribution is 2.35. The third-order valence-electron chi connectivity index (χ3n) is 3.48. The lowest BCUT2D eigenvalue weighted by Crippen LogP contribution is -1.91. The van der Waals surface area contributed by atoms with Crippen LogP contribution in [0.2, 0.25) is 0 Å². The van der Waals surface area contributed by atoms with Crippen LogP contribution >= 0.6 is 0 Å². The Hall–Kier alpha value is -2.23. The number of hydrogen-bond acceptors (Lipinski definition) is 3. The van der Waals surface area contributed by atoms with Gasteiger partial charge in [0, 0.05) is 29.8 Å². The lowest BCUT2D eigenvalue weighted by molar-refractivity contribution is 0.436. The van der Waals surface area contributed by atoms with Gasteiger partial charge in [0.1, 0.15) is 0 Å². The molecule has 0 saturated heterocycles. The first-order valence-corrected chi connectivity index (χ1v) is 5.86. The first-order valence-electron chi connectivity index (χ1n) is 5.86. The maximum absolute atomic E-state index is 5.64. The van der Waals surface area contributed by atoms with Gasteiger partial charge in [-0.1, -0.05) is 23.4 Å². The van der Waals surface area contributed by atoms with Gasteiger partial charge in [0.15, 0.2) is 11.6 Å². The predicted molar refractivity (Wildman–Crippen MR) is 72.3 cm³/mol. The molecule has 18 heavy (non-hydrogen) atoms. The number of anilines is 1. The van der Waals surface area contributed by atoms with E-state index in [9.17, 15) is 0 Å². The van der Waals surface area contributed by atoms with E-state index in [4.69, 9.17) is 10.3 Å². The third-order valence-corrected chi connectivity index (χ3v) is 3.48. The number of nitrogens with zero attached hydrogens (tertiary/aromatic N) is 2. The lowest BCUT2D eigenvalue weighted by Gasteiger charge is -2.01. The Labute approximate surface area is 105 Å². The number of para-hydroxylation sites is 1. The van der Waals surface area contributed by atoms with E-state index < -0.39 is 0 Å². The standard InChI is InChI=1S/C14H15N3O/c1-8-5-4-6-10-13(9(2)17(3)14(8)10)11-7-12(15)16-18-11/h4-7H,1-3H3,(H2,15,16). The molecule has 1 aromatic carbocycles. The Kier molecular flexibility index (Phi) is 2.20. The largest absolute Gasteiger partial charge is 0.381 e. The van der Waals surface area contributed by atoms with Crippen LogP contribution in [0, 0.1) is 13.8 Å². The number of rotatable bonds is 1. The zero-order chi connectivity index (χ0) is 12.9. The SMILES string of the molecule is Cc1cccc2c(-c3cc(N)no3)c(C)n(C)c12. The van der Waals surface area contributed by atoms with E-state index in [-0.39, 0.29) is 0 Å². The summed E-state index contributed by atoms with van der Waals surface area (Å²) in [7, 11) is 2.06. The fourth-order valence-electron chi connectivity index (χ4n) is 2.55. The maximum atomic E-state index is 5.64. The predicted octanol–water partition coefficient (Wildman–Crippen LogP) is 3.03. The van der Waals surface area contributed by atoms with Gasteiger partial charge < -0.3 is 14.8 Å². The monoisotopic (exact) mass is 241 g/mol. The molecule has 3 aromatic rings. The van der Waals surface area contributed by atoms with Gasteiger partial charge in [-0.05, 0) is 19.4 Å².